The van der Waals surface area contributed by atoms with Gasteiger partial charge in [-0.1, -0.05) is 0 Å². The summed E-state index contributed by atoms with van der Waals surface area (Å²) in [5.41, 5.74) is 0.652. The van der Waals surface area contributed by atoms with E-state index in [-0.39, 0.29) is 0 Å². The molecule has 4 nitrogen and oxygen atoms in total. The van der Waals surface area contributed by atoms with Gasteiger partial charge in [-0.2, -0.15) is 0 Å². The van der Waals surface area contributed by atoms with Gasteiger partial charge in [0.15, 0.2) is 6.29 Å². The van der Waals surface area contributed by atoms with E-state index in [2.05, 4.69) is 9.88 Å². The topological polar surface area (TPSA) is 42.4 Å². The highest BCUT2D eigenvalue weighted by Gasteiger charge is 2.13. The third-order valence-electron chi connectivity index (χ3n) is 2.47. The van der Waals surface area contributed by atoms with Crippen molar-refractivity contribution in [1.82, 2.24) is 4.98 Å². The molecular formula is C11H14N2O2. The van der Waals surface area contributed by atoms with E-state index in [0.29, 0.717) is 12.2 Å². The van der Waals surface area contributed by atoms with Gasteiger partial charge in [0, 0.05) is 25.9 Å². The number of aldehydes is 1. The molecule has 1 aromatic heterocycles. The second-order valence-corrected chi connectivity index (χ2v) is 3.49. The fraction of sp³-hybridized carbons (Fsp3) is 0.455. The quantitative estimate of drug-likeness (QED) is 0.680. The molecule has 0 spiro atoms. The number of nitrogens with zero attached hydrogens (tertiary/aromatic N) is 2. The Morgan fingerprint density at radius 2 is 2.33 bits per heavy atom. The van der Waals surface area contributed by atoms with Crippen molar-refractivity contribution in [2.24, 2.45) is 0 Å². The van der Waals surface area contributed by atoms with Gasteiger partial charge in [-0.3, -0.25) is 4.79 Å². The van der Waals surface area contributed by atoms with Crippen LogP contribution in [0.1, 0.15) is 16.8 Å². The van der Waals surface area contributed by atoms with Crippen LogP contribution in [0.15, 0.2) is 18.3 Å². The van der Waals surface area contributed by atoms with Gasteiger partial charge in [-0.15, -0.1) is 0 Å². The van der Waals surface area contributed by atoms with Gasteiger partial charge in [0.2, 0.25) is 0 Å². The largest absolute Gasteiger partial charge is 0.380 e. The summed E-state index contributed by atoms with van der Waals surface area (Å²) in [6.45, 7) is 3.20. The normalized spacial score (nSPS) is 17.2. The molecule has 0 saturated carbocycles. The predicted octanol–water partition coefficient (Wildman–Crippen LogP) is 1.12. The zero-order chi connectivity index (χ0) is 10.5. The van der Waals surface area contributed by atoms with Gasteiger partial charge >= 0.3 is 0 Å². The number of carbonyl (C=O) groups excluding carboxylic acids is 1. The van der Waals surface area contributed by atoms with Crippen molar-refractivity contribution in [2.45, 2.75) is 6.42 Å². The summed E-state index contributed by atoms with van der Waals surface area (Å²) < 4.78 is 5.36. The van der Waals surface area contributed by atoms with Gasteiger partial charge in [-0.25, -0.2) is 4.98 Å². The van der Waals surface area contributed by atoms with E-state index < -0.39 is 0 Å². The Hall–Kier alpha value is -1.42. The van der Waals surface area contributed by atoms with Gasteiger partial charge in [0.1, 0.15) is 5.82 Å². The first-order valence-electron chi connectivity index (χ1n) is 5.14. The smallest absolute Gasteiger partial charge is 0.153 e. The molecule has 80 valence electrons. The van der Waals surface area contributed by atoms with Crippen LogP contribution in [-0.4, -0.2) is 37.6 Å². The molecular weight excluding hydrogens is 192 g/mol. The molecule has 0 radical (unpaired) electrons. The average molecular weight is 206 g/mol. The molecule has 15 heavy (non-hydrogen) atoms. The Morgan fingerprint density at radius 3 is 3.20 bits per heavy atom. The second kappa shape index (κ2) is 4.89. The fourth-order valence-corrected chi connectivity index (χ4v) is 1.72. The van der Waals surface area contributed by atoms with Crippen molar-refractivity contribution < 1.29 is 9.53 Å². The molecule has 1 aromatic rings. The lowest BCUT2D eigenvalue weighted by Crippen LogP contribution is -2.27. The van der Waals surface area contributed by atoms with Crippen molar-refractivity contribution in [2.75, 3.05) is 31.2 Å². The van der Waals surface area contributed by atoms with Crippen LogP contribution in [0.5, 0.6) is 0 Å². The number of anilines is 1. The minimum absolute atomic E-state index is 0.652. The molecule has 0 aliphatic carbocycles. The number of aromatic nitrogens is 1. The zero-order valence-electron chi connectivity index (χ0n) is 8.56. The summed E-state index contributed by atoms with van der Waals surface area (Å²) in [5.74, 6) is 0.776. The Labute approximate surface area is 88.9 Å². The number of pyridine rings is 1. The van der Waals surface area contributed by atoms with Gasteiger partial charge in [0.05, 0.1) is 12.2 Å². The van der Waals surface area contributed by atoms with Crippen LogP contribution in [0.2, 0.25) is 0 Å². The van der Waals surface area contributed by atoms with Crippen LogP contribution in [0.3, 0.4) is 0 Å². The van der Waals surface area contributed by atoms with Gasteiger partial charge in [-0.05, 0) is 18.6 Å². The molecule has 0 N–H and O–H groups in total. The molecule has 0 amide bonds. The third-order valence-corrected chi connectivity index (χ3v) is 2.47. The van der Waals surface area contributed by atoms with Crippen LogP contribution in [0, 0.1) is 0 Å². The maximum atomic E-state index is 10.9. The number of carbonyl (C=O) groups is 1. The first-order chi connectivity index (χ1) is 7.42. The van der Waals surface area contributed by atoms with E-state index in [9.17, 15) is 4.79 Å². The Balaban J connectivity index is 2.22. The summed E-state index contributed by atoms with van der Waals surface area (Å²) in [5, 5.41) is 0. The summed E-state index contributed by atoms with van der Waals surface area (Å²) in [4.78, 5) is 17.2. The van der Waals surface area contributed by atoms with E-state index >= 15 is 0 Å². The van der Waals surface area contributed by atoms with Crippen molar-refractivity contribution >= 4 is 12.1 Å². The van der Waals surface area contributed by atoms with Crippen molar-refractivity contribution in [3.05, 3.63) is 23.9 Å². The Kier molecular flexibility index (Phi) is 3.29. The van der Waals surface area contributed by atoms with Crippen molar-refractivity contribution in [3.63, 3.8) is 0 Å². The number of ether oxygens (including phenoxy) is 1. The minimum Gasteiger partial charge on any atom is -0.380 e. The fourth-order valence-electron chi connectivity index (χ4n) is 1.72. The van der Waals surface area contributed by atoms with E-state index in [0.717, 1.165) is 38.2 Å². The Morgan fingerprint density at radius 1 is 1.40 bits per heavy atom. The molecule has 4 heteroatoms. The summed E-state index contributed by atoms with van der Waals surface area (Å²) >= 11 is 0. The molecule has 2 heterocycles. The average Bonchev–Trinajstić information content (AvgIpc) is 2.57. The number of hydrogen-bond donors (Lipinski definition) is 0. The molecule has 0 atom stereocenters. The maximum Gasteiger partial charge on any atom is 0.153 e. The first kappa shape index (κ1) is 10.1. The van der Waals surface area contributed by atoms with Gasteiger partial charge < -0.3 is 9.64 Å². The predicted molar refractivity (Wildman–Crippen MR) is 57.3 cm³/mol. The van der Waals surface area contributed by atoms with Crippen molar-refractivity contribution in [3.8, 4) is 0 Å². The summed E-state index contributed by atoms with van der Waals surface area (Å²) in [6, 6.07) is 3.57. The highest BCUT2D eigenvalue weighted by atomic mass is 16.5. The lowest BCUT2D eigenvalue weighted by molar-refractivity contribution is 0.112. The monoisotopic (exact) mass is 206 g/mol. The maximum absolute atomic E-state index is 10.9. The molecule has 1 aliphatic rings. The SMILES string of the molecule is O=Cc1cccnc1N1CCCOCC1. The lowest BCUT2D eigenvalue weighted by atomic mass is 10.2. The standard InChI is InChI=1S/C11H14N2O2/c14-9-10-3-1-4-12-11(10)13-5-2-7-15-8-6-13/h1,3-4,9H,2,5-8H2. The molecule has 1 aliphatic heterocycles. The highest BCUT2D eigenvalue weighted by molar-refractivity contribution is 5.82. The zero-order valence-corrected chi connectivity index (χ0v) is 8.56. The summed E-state index contributed by atoms with van der Waals surface area (Å²) in [6.07, 6.45) is 3.55. The van der Waals surface area contributed by atoms with Gasteiger partial charge in [0.25, 0.3) is 0 Å². The lowest BCUT2D eigenvalue weighted by Gasteiger charge is -2.21. The van der Waals surface area contributed by atoms with E-state index in [1.54, 1.807) is 18.3 Å². The summed E-state index contributed by atoms with van der Waals surface area (Å²) in [7, 11) is 0. The minimum atomic E-state index is 0.652. The van der Waals surface area contributed by atoms with Crippen LogP contribution in [0.25, 0.3) is 0 Å². The first-order valence-corrected chi connectivity index (χ1v) is 5.14. The second-order valence-electron chi connectivity index (χ2n) is 3.49. The molecule has 1 saturated heterocycles. The third kappa shape index (κ3) is 2.33. The molecule has 1 fully saturated rings. The van der Waals surface area contributed by atoms with E-state index in [4.69, 9.17) is 4.74 Å². The number of rotatable bonds is 2. The molecule has 0 aromatic carbocycles. The van der Waals surface area contributed by atoms with Crippen LogP contribution in [-0.2, 0) is 4.74 Å². The Bertz CT molecular complexity index is 333. The van der Waals surface area contributed by atoms with Crippen LogP contribution >= 0.6 is 0 Å². The van der Waals surface area contributed by atoms with E-state index in [1.165, 1.54) is 0 Å². The molecule has 0 bridgehead atoms. The van der Waals surface area contributed by atoms with Crippen molar-refractivity contribution in [1.29, 1.82) is 0 Å². The van der Waals surface area contributed by atoms with E-state index in [1.807, 2.05) is 0 Å². The molecule has 2 rings (SSSR count). The molecule has 0 unspecified atom stereocenters. The number of hydrogen-bond acceptors (Lipinski definition) is 4. The van der Waals surface area contributed by atoms with Crippen LogP contribution < -0.4 is 4.90 Å². The highest BCUT2D eigenvalue weighted by Crippen LogP contribution is 2.16. The van der Waals surface area contributed by atoms with Crippen LogP contribution in [0.4, 0.5) is 5.82 Å².